The maximum Gasteiger partial charge on any atom is 0.312 e. The van der Waals surface area contributed by atoms with Gasteiger partial charge in [0.2, 0.25) is 0 Å². The molecule has 0 atom stereocenters. The lowest BCUT2D eigenvalue weighted by Crippen LogP contribution is -2.33. The molecule has 0 aromatic heterocycles. The first kappa shape index (κ1) is 14.9. The Hall–Kier alpha value is -1.06. The first-order valence-corrected chi connectivity index (χ1v) is 5.50. The van der Waals surface area contributed by atoms with Crippen LogP contribution in [0.2, 0.25) is 0 Å². The molecule has 0 bridgehead atoms. The quantitative estimate of drug-likeness (QED) is 0.737. The molecular weight excluding hydrogens is 208 g/mol. The smallest absolute Gasteiger partial charge is 0.312 e. The molecule has 4 nitrogen and oxygen atoms in total. The van der Waals surface area contributed by atoms with E-state index in [2.05, 4.69) is 0 Å². The van der Waals surface area contributed by atoms with E-state index in [0.29, 0.717) is 12.8 Å². The van der Waals surface area contributed by atoms with Gasteiger partial charge in [0.1, 0.15) is 5.60 Å². The molecule has 0 unspecified atom stereocenters. The van der Waals surface area contributed by atoms with Gasteiger partial charge in [-0.3, -0.25) is 9.59 Å². The van der Waals surface area contributed by atoms with E-state index >= 15 is 0 Å². The average molecular weight is 230 g/mol. The average Bonchev–Trinajstić information content (AvgIpc) is 1.99. The van der Waals surface area contributed by atoms with Crippen molar-refractivity contribution in [2.45, 2.75) is 59.5 Å². The van der Waals surface area contributed by atoms with Crippen LogP contribution < -0.4 is 0 Å². The van der Waals surface area contributed by atoms with E-state index in [1.165, 1.54) is 0 Å². The molecule has 1 N–H and O–H groups in total. The van der Waals surface area contributed by atoms with E-state index in [1.54, 1.807) is 13.8 Å². The fourth-order valence-electron chi connectivity index (χ4n) is 1.20. The summed E-state index contributed by atoms with van der Waals surface area (Å²) in [5, 5.41) is 8.52. The minimum absolute atomic E-state index is 0.0895. The Labute approximate surface area is 97.0 Å². The number of hydrogen-bond donors (Lipinski definition) is 1. The summed E-state index contributed by atoms with van der Waals surface area (Å²) in [5.41, 5.74) is -1.12. The van der Waals surface area contributed by atoms with Gasteiger partial charge in [0.15, 0.2) is 0 Å². The molecule has 0 aromatic rings. The van der Waals surface area contributed by atoms with Gasteiger partial charge in [-0.05, 0) is 47.5 Å². The van der Waals surface area contributed by atoms with Crippen LogP contribution >= 0.6 is 0 Å². The third-order valence-electron chi connectivity index (χ3n) is 2.14. The SMILES string of the molecule is CC(C)(C)OC(=O)C(C)(C)CCCC(=O)O. The molecule has 0 radical (unpaired) electrons. The van der Waals surface area contributed by atoms with Crippen molar-refractivity contribution in [2.24, 2.45) is 5.41 Å². The monoisotopic (exact) mass is 230 g/mol. The third kappa shape index (κ3) is 6.43. The Kier molecular flexibility index (Phi) is 4.97. The third-order valence-corrected chi connectivity index (χ3v) is 2.14. The van der Waals surface area contributed by atoms with E-state index < -0.39 is 17.0 Å². The lowest BCUT2D eigenvalue weighted by atomic mass is 9.87. The van der Waals surface area contributed by atoms with Crippen LogP contribution in [-0.4, -0.2) is 22.6 Å². The molecular formula is C12H22O4. The summed E-state index contributed by atoms with van der Waals surface area (Å²) in [6.07, 6.45) is 1.10. The molecule has 0 aliphatic heterocycles. The minimum Gasteiger partial charge on any atom is -0.481 e. The van der Waals surface area contributed by atoms with E-state index in [-0.39, 0.29) is 12.4 Å². The number of carbonyl (C=O) groups is 2. The van der Waals surface area contributed by atoms with Crippen molar-refractivity contribution in [1.29, 1.82) is 0 Å². The van der Waals surface area contributed by atoms with Gasteiger partial charge in [-0.25, -0.2) is 0 Å². The molecule has 0 spiro atoms. The number of aliphatic carboxylic acids is 1. The van der Waals surface area contributed by atoms with Crippen molar-refractivity contribution in [2.75, 3.05) is 0 Å². The molecule has 0 saturated carbocycles. The molecule has 16 heavy (non-hydrogen) atoms. The molecule has 0 saturated heterocycles. The van der Waals surface area contributed by atoms with Gasteiger partial charge in [0.05, 0.1) is 5.41 Å². The highest BCUT2D eigenvalue weighted by Crippen LogP contribution is 2.27. The van der Waals surface area contributed by atoms with E-state index in [1.807, 2.05) is 20.8 Å². The lowest BCUT2D eigenvalue weighted by Gasteiger charge is -2.28. The van der Waals surface area contributed by atoms with Crippen LogP contribution in [-0.2, 0) is 14.3 Å². The van der Waals surface area contributed by atoms with Gasteiger partial charge in [-0.15, -0.1) is 0 Å². The second-order valence-electron chi connectivity index (χ2n) is 5.63. The van der Waals surface area contributed by atoms with Gasteiger partial charge < -0.3 is 9.84 Å². The van der Waals surface area contributed by atoms with Gasteiger partial charge in [0.25, 0.3) is 0 Å². The number of carboxylic acid groups (broad SMARTS) is 1. The van der Waals surface area contributed by atoms with Crippen LogP contribution in [0.25, 0.3) is 0 Å². The maximum atomic E-state index is 11.8. The van der Waals surface area contributed by atoms with Crippen LogP contribution in [0.5, 0.6) is 0 Å². The number of hydrogen-bond acceptors (Lipinski definition) is 3. The Morgan fingerprint density at radius 2 is 1.62 bits per heavy atom. The fraction of sp³-hybridized carbons (Fsp3) is 0.833. The second-order valence-corrected chi connectivity index (χ2v) is 5.63. The van der Waals surface area contributed by atoms with Gasteiger partial charge in [-0.2, -0.15) is 0 Å². The fourth-order valence-corrected chi connectivity index (χ4v) is 1.20. The summed E-state index contributed by atoms with van der Waals surface area (Å²) in [6, 6.07) is 0. The molecule has 0 aliphatic rings. The van der Waals surface area contributed by atoms with E-state index in [9.17, 15) is 9.59 Å². The van der Waals surface area contributed by atoms with Crippen molar-refractivity contribution in [3.63, 3.8) is 0 Å². The van der Waals surface area contributed by atoms with Crippen LogP contribution in [0.15, 0.2) is 0 Å². The largest absolute Gasteiger partial charge is 0.481 e. The first-order chi connectivity index (χ1) is 7.04. The second kappa shape index (κ2) is 5.32. The highest BCUT2D eigenvalue weighted by molar-refractivity contribution is 5.76. The zero-order chi connectivity index (χ0) is 13.0. The molecule has 0 fully saturated rings. The summed E-state index contributed by atoms with van der Waals surface area (Å²) < 4.78 is 5.27. The van der Waals surface area contributed by atoms with Crippen LogP contribution in [0.1, 0.15) is 53.9 Å². The lowest BCUT2D eigenvalue weighted by molar-refractivity contribution is -0.166. The number of ether oxygens (including phenoxy) is 1. The minimum atomic E-state index is -0.833. The highest BCUT2D eigenvalue weighted by Gasteiger charge is 2.32. The molecule has 0 rings (SSSR count). The van der Waals surface area contributed by atoms with Crippen LogP contribution in [0.4, 0.5) is 0 Å². The number of carbonyl (C=O) groups excluding carboxylic acids is 1. The van der Waals surface area contributed by atoms with Crippen molar-refractivity contribution < 1.29 is 19.4 Å². The Morgan fingerprint density at radius 3 is 2.00 bits per heavy atom. The number of carboxylic acids is 1. The zero-order valence-electron chi connectivity index (χ0n) is 10.8. The normalized spacial score (nSPS) is 12.3. The van der Waals surface area contributed by atoms with Gasteiger partial charge in [-0.1, -0.05) is 0 Å². The van der Waals surface area contributed by atoms with Crippen LogP contribution in [0.3, 0.4) is 0 Å². The Bertz CT molecular complexity index is 261. The first-order valence-electron chi connectivity index (χ1n) is 5.50. The predicted molar refractivity (Wildman–Crippen MR) is 61.1 cm³/mol. The molecule has 0 aliphatic carbocycles. The van der Waals surface area contributed by atoms with Crippen molar-refractivity contribution in [3.8, 4) is 0 Å². The van der Waals surface area contributed by atoms with Crippen molar-refractivity contribution >= 4 is 11.9 Å². The summed E-state index contributed by atoms with van der Waals surface area (Å²) in [6.45, 7) is 9.01. The summed E-state index contributed by atoms with van der Waals surface area (Å²) in [5.74, 6) is -1.11. The van der Waals surface area contributed by atoms with Gasteiger partial charge >= 0.3 is 11.9 Å². The Balaban J connectivity index is 4.21. The van der Waals surface area contributed by atoms with E-state index in [0.717, 1.165) is 0 Å². The van der Waals surface area contributed by atoms with Gasteiger partial charge in [0, 0.05) is 6.42 Å². The summed E-state index contributed by atoms with van der Waals surface area (Å²) in [7, 11) is 0. The maximum absolute atomic E-state index is 11.8. The van der Waals surface area contributed by atoms with Crippen molar-refractivity contribution in [3.05, 3.63) is 0 Å². The standard InChI is InChI=1S/C12H22O4/c1-11(2,3)16-10(15)12(4,5)8-6-7-9(13)14/h6-8H2,1-5H3,(H,13,14). The van der Waals surface area contributed by atoms with E-state index in [4.69, 9.17) is 9.84 Å². The Morgan fingerprint density at radius 1 is 1.12 bits per heavy atom. The molecule has 0 heterocycles. The highest BCUT2D eigenvalue weighted by atomic mass is 16.6. The topological polar surface area (TPSA) is 63.6 Å². The number of esters is 1. The molecule has 0 amide bonds. The molecule has 94 valence electrons. The van der Waals surface area contributed by atoms with Crippen LogP contribution in [0, 0.1) is 5.41 Å². The number of rotatable bonds is 5. The molecule has 4 heteroatoms. The summed E-state index contributed by atoms with van der Waals surface area (Å²) >= 11 is 0. The predicted octanol–water partition coefficient (Wildman–Crippen LogP) is 2.61. The molecule has 0 aromatic carbocycles. The summed E-state index contributed by atoms with van der Waals surface area (Å²) in [4.78, 5) is 22.2. The zero-order valence-corrected chi connectivity index (χ0v) is 10.8. The van der Waals surface area contributed by atoms with Crippen molar-refractivity contribution in [1.82, 2.24) is 0 Å².